The Morgan fingerprint density at radius 3 is 1.77 bits per heavy atom. The van der Waals surface area contributed by atoms with E-state index >= 15 is 0 Å². The van der Waals surface area contributed by atoms with Crippen molar-refractivity contribution in [2.24, 2.45) is 11.8 Å². The van der Waals surface area contributed by atoms with Crippen molar-refractivity contribution in [2.45, 2.75) is 82.4 Å². The van der Waals surface area contributed by atoms with Crippen LogP contribution in [-0.4, -0.2) is 7.85 Å². The summed E-state index contributed by atoms with van der Waals surface area (Å²) in [5.41, 5.74) is 17.4. The second-order valence-corrected chi connectivity index (χ2v) is 10.0. The largest absolute Gasteiger partial charge is 0.399 e. The summed E-state index contributed by atoms with van der Waals surface area (Å²) in [6, 6.07) is 15.1. The highest BCUT2D eigenvalue weighted by Gasteiger charge is 2.24. The fraction of sp³-hybridized carbons (Fsp3) is 0.556. The zero-order valence-corrected chi connectivity index (χ0v) is 18.4. The Morgan fingerprint density at radius 2 is 1.20 bits per heavy atom. The van der Waals surface area contributed by atoms with Crippen LogP contribution >= 0.6 is 0 Å². The van der Waals surface area contributed by atoms with E-state index in [1.165, 1.54) is 80.9 Å². The van der Waals surface area contributed by atoms with E-state index < -0.39 is 0 Å². The van der Waals surface area contributed by atoms with Gasteiger partial charge < -0.3 is 11.5 Å². The van der Waals surface area contributed by atoms with Crippen LogP contribution in [-0.2, 0) is 6.42 Å². The molecular formula is C27H37BN2. The summed E-state index contributed by atoms with van der Waals surface area (Å²) >= 11 is 0. The van der Waals surface area contributed by atoms with E-state index in [4.69, 9.17) is 19.3 Å². The minimum Gasteiger partial charge on any atom is -0.399 e. The zero-order valence-electron chi connectivity index (χ0n) is 18.4. The maximum Gasteiger partial charge on any atom is 0.0699 e. The van der Waals surface area contributed by atoms with Crippen LogP contribution < -0.4 is 11.5 Å². The molecule has 2 radical (unpaired) electrons. The fourth-order valence-corrected chi connectivity index (χ4v) is 5.72. The monoisotopic (exact) mass is 400 g/mol. The molecule has 0 bridgehead atoms. The topological polar surface area (TPSA) is 52.0 Å². The molecule has 0 unspecified atom stereocenters. The number of rotatable bonds is 6. The molecule has 2 fully saturated rings. The molecule has 2 nitrogen and oxygen atoms in total. The highest BCUT2D eigenvalue weighted by Crippen LogP contribution is 2.40. The third kappa shape index (κ3) is 5.83. The maximum atomic E-state index is 6.06. The van der Waals surface area contributed by atoms with E-state index in [9.17, 15) is 0 Å². The van der Waals surface area contributed by atoms with Crippen LogP contribution in [0.2, 0.25) is 5.82 Å². The number of anilines is 2. The average Bonchev–Trinajstić information content (AvgIpc) is 2.74. The van der Waals surface area contributed by atoms with E-state index in [0.29, 0.717) is 5.82 Å². The maximum absolute atomic E-state index is 6.06. The second-order valence-electron chi connectivity index (χ2n) is 10.0. The van der Waals surface area contributed by atoms with Crippen molar-refractivity contribution in [3.8, 4) is 0 Å². The summed E-state index contributed by atoms with van der Waals surface area (Å²) in [5.74, 6) is 3.12. The first-order valence-electron chi connectivity index (χ1n) is 12.0. The minimum atomic E-state index is 0.479. The van der Waals surface area contributed by atoms with Crippen LogP contribution in [0.3, 0.4) is 0 Å². The lowest BCUT2D eigenvalue weighted by molar-refractivity contribution is 0.261. The van der Waals surface area contributed by atoms with Gasteiger partial charge in [-0.25, -0.2) is 0 Å². The highest BCUT2D eigenvalue weighted by molar-refractivity contribution is 6.11. The van der Waals surface area contributed by atoms with Crippen molar-refractivity contribution in [1.82, 2.24) is 0 Å². The van der Waals surface area contributed by atoms with Gasteiger partial charge in [-0.3, -0.25) is 0 Å². The van der Waals surface area contributed by atoms with Gasteiger partial charge in [0.2, 0.25) is 0 Å². The van der Waals surface area contributed by atoms with Gasteiger partial charge >= 0.3 is 0 Å². The van der Waals surface area contributed by atoms with E-state index in [0.717, 1.165) is 35.5 Å². The SMILES string of the molecule is [B]C1CCC(CCC2CCC(c3ccc(Cc4cc(N)cc(N)c4)cc3)CC2)CC1. The van der Waals surface area contributed by atoms with Crippen LogP contribution in [0.25, 0.3) is 0 Å². The lowest BCUT2D eigenvalue weighted by Crippen LogP contribution is -2.16. The lowest BCUT2D eigenvalue weighted by atomic mass is 9.70. The Morgan fingerprint density at radius 1 is 0.667 bits per heavy atom. The first-order chi connectivity index (χ1) is 14.5. The van der Waals surface area contributed by atoms with Gasteiger partial charge in [0.25, 0.3) is 0 Å². The van der Waals surface area contributed by atoms with E-state index in [1.54, 1.807) is 0 Å². The fourth-order valence-electron chi connectivity index (χ4n) is 5.72. The van der Waals surface area contributed by atoms with Crippen molar-refractivity contribution in [1.29, 1.82) is 0 Å². The van der Waals surface area contributed by atoms with E-state index in [1.807, 2.05) is 18.2 Å². The summed E-state index contributed by atoms with van der Waals surface area (Å²) in [6.07, 6.45) is 14.5. The quantitative estimate of drug-likeness (QED) is 0.422. The Balaban J connectivity index is 1.23. The molecule has 0 heterocycles. The molecule has 0 aromatic heterocycles. The summed E-state index contributed by atoms with van der Waals surface area (Å²) < 4.78 is 0. The molecule has 2 aromatic rings. The Bertz CT molecular complexity index is 780. The molecule has 3 heteroatoms. The molecule has 0 amide bonds. The van der Waals surface area contributed by atoms with Gasteiger partial charge in [0.15, 0.2) is 0 Å². The van der Waals surface area contributed by atoms with Crippen LogP contribution in [0.15, 0.2) is 42.5 Å². The second kappa shape index (κ2) is 9.94. The number of benzene rings is 2. The predicted molar refractivity (Wildman–Crippen MR) is 130 cm³/mol. The molecule has 0 spiro atoms. The number of nitrogen functional groups attached to an aromatic ring is 2. The first kappa shape index (κ1) is 21.3. The predicted octanol–water partition coefficient (Wildman–Crippen LogP) is 6.64. The van der Waals surface area contributed by atoms with Gasteiger partial charge in [0.1, 0.15) is 0 Å². The summed E-state index contributed by atoms with van der Waals surface area (Å²) in [4.78, 5) is 0. The van der Waals surface area contributed by atoms with Crippen LogP contribution in [0.1, 0.15) is 86.8 Å². The molecule has 0 saturated heterocycles. The standard InChI is InChI=1S/C27H37BN2/c28-25-13-7-20(8-14-25)2-1-19-3-9-23(10-4-19)24-11-5-21(6-12-24)15-22-16-26(29)18-27(30)17-22/h5-6,11-12,16-20,23,25H,1-4,7-10,13-15,29-30H2. The van der Waals surface area contributed by atoms with E-state index in [-0.39, 0.29) is 0 Å². The average molecular weight is 400 g/mol. The molecule has 4 rings (SSSR count). The molecular weight excluding hydrogens is 363 g/mol. The van der Waals surface area contributed by atoms with Crippen LogP contribution in [0.5, 0.6) is 0 Å². The van der Waals surface area contributed by atoms with Crippen molar-refractivity contribution >= 4 is 19.2 Å². The van der Waals surface area contributed by atoms with Gasteiger partial charge in [-0.1, -0.05) is 68.6 Å². The summed E-state index contributed by atoms with van der Waals surface area (Å²) in [7, 11) is 6.06. The molecule has 30 heavy (non-hydrogen) atoms. The van der Waals surface area contributed by atoms with Gasteiger partial charge in [-0.05, 0) is 84.7 Å². The van der Waals surface area contributed by atoms with E-state index in [2.05, 4.69) is 24.3 Å². The molecule has 158 valence electrons. The van der Waals surface area contributed by atoms with Gasteiger partial charge in [0, 0.05) is 11.4 Å². The molecule has 2 saturated carbocycles. The van der Waals surface area contributed by atoms with Crippen LogP contribution in [0, 0.1) is 11.8 Å². The van der Waals surface area contributed by atoms with Gasteiger partial charge in [0.05, 0.1) is 7.85 Å². The summed E-state index contributed by atoms with van der Waals surface area (Å²) in [5, 5.41) is 0. The third-order valence-corrected chi connectivity index (χ3v) is 7.62. The van der Waals surface area contributed by atoms with Gasteiger partial charge in [-0.15, -0.1) is 0 Å². The number of hydrogen-bond donors (Lipinski definition) is 2. The molecule has 0 aliphatic heterocycles. The van der Waals surface area contributed by atoms with Crippen LogP contribution in [0.4, 0.5) is 11.4 Å². The van der Waals surface area contributed by atoms with Crippen molar-refractivity contribution in [3.05, 3.63) is 59.2 Å². The van der Waals surface area contributed by atoms with Crippen molar-refractivity contribution < 1.29 is 0 Å². The first-order valence-corrected chi connectivity index (χ1v) is 12.0. The molecule has 4 N–H and O–H groups in total. The zero-order chi connectivity index (χ0) is 20.9. The smallest absolute Gasteiger partial charge is 0.0699 e. The Labute approximate surface area is 184 Å². The molecule has 2 aliphatic carbocycles. The molecule has 0 atom stereocenters. The Hall–Kier alpha value is -1.90. The highest BCUT2D eigenvalue weighted by atomic mass is 14.6. The van der Waals surface area contributed by atoms with Gasteiger partial charge in [-0.2, -0.15) is 0 Å². The van der Waals surface area contributed by atoms with Crippen molar-refractivity contribution in [3.63, 3.8) is 0 Å². The minimum absolute atomic E-state index is 0.479. The molecule has 2 aliphatic rings. The lowest BCUT2D eigenvalue weighted by Gasteiger charge is -2.31. The number of hydrogen-bond acceptors (Lipinski definition) is 2. The summed E-state index contributed by atoms with van der Waals surface area (Å²) in [6.45, 7) is 0. The Kier molecular flexibility index (Phi) is 7.07. The third-order valence-electron chi connectivity index (χ3n) is 7.62. The number of nitrogens with two attached hydrogens (primary N) is 2. The normalized spacial score (nSPS) is 27.1. The molecule has 2 aromatic carbocycles. The van der Waals surface area contributed by atoms with Crippen molar-refractivity contribution in [2.75, 3.05) is 11.5 Å².